The summed E-state index contributed by atoms with van der Waals surface area (Å²) >= 11 is 0. The van der Waals surface area contributed by atoms with Gasteiger partial charge in [-0.1, -0.05) is 18.2 Å². The van der Waals surface area contributed by atoms with Crippen molar-refractivity contribution in [3.63, 3.8) is 0 Å². The maximum absolute atomic E-state index is 13.4. The lowest BCUT2D eigenvalue weighted by Crippen LogP contribution is -2.30. The molecule has 0 radical (unpaired) electrons. The van der Waals surface area contributed by atoms with E-state index in [2.05, 4.69) is 20.3 Å². The van der Waals surface area contributed by atoms with Gasteiger partial charge in [-0.3, -0.25) is 0 Å². The zero-order valence-corrected chi connectivity index (χ0v) is 15.4. The minimum absolute atomic E-state index is 0.0743. The molecule has 8 heteroatoms. The fourth-order valence-electron chi connectivity index (χ4n) is 3.87. The number of aromatic nitrogens is 4. The van der Waals surface area contributed by atoms with Gasteiger partial charge in [0.1, 0.15) is 11.2 Å². The van der Waals surface area contributed by atoms with E-state index in [0.717, 1.165) is 42.5 Å². The molecular formula is C19H19N5O2S. The van der Waals surface area contributed by atoms with Crippen molar-refractivity contribution in [2.45, 2.75) is 28.9 Å². The van der Waals surface area contributed by atoms with E-state index in [1.807, 2.05) is 22.9 Å². The van der Waals surface area contributed by atoms with E-state index >= 15 is 0 Å². The van der Waals surface area contributed by atoms with Gasteiger partial charge in [-0.25, -0.2) is 18.4 Å². The van der Waals surface area contributed by atoms with Crippen molar-refractivity contribution in [1.82, 2.24) is 24.8 Å². The number of nitrogens with one attached hydrogen (secondary N) is 2. The highest BCUT2D eigenvalue weighted by Gasteiger charge is 2.31. The molecule has 3 aromatic heterocycles. The van der Waals surface area contributed by atoms with Gasteiger partial charge in [0.25, 0.3) is 0 Å². The molecule has 5 rings (SSSR count). The van der Waals surface area contributed by atoms with Crippen LogP contribution in [0.4, 0.5) is 0 Å². The lowest BCUT2D eigenvalue weighted by Gasteiger charge is -2.26. The maximum atomic E-state index is 13.4. The van der Waals surface area contributed by atoms with E-state index in [1.54, 1.807) is 30.5 Å². The molecule has 0 spiro atoms. The standard InChI is InChI=1S/C19H19N5O2S/c25-27(26,14-4-2-1-3-5-14)19-23-16-12-22-18-15(8-11-21-18)17(16)24(19)13-6-9-20-10-7-13/h1-5,8,11-13,20H,6-7,9-10H2,(H,21,22). The summed E-state index contributed by atoms with van der Waals surface area (Å²) in [5, 5.41) is 4.34. The maximum Gasteiger partial charge on any atom is 0.240 e. The van der Waals surface area contributed by atoms with Gasteiger partial charge in [0.2, 0.25) is 15.0 Å². The van der Waals surface area contributed by atoms with Crippen LogP contribution in [-0.4, -0.2) is 41.0 Å². The summed E-state index contributed by atoms with van der Waals surface area (Å²) in [5.41, 5.74) is 2.18. The number of pyridine rings is 1. The highest BCUT2D eigenvalue weighted by Crippen LogP contribution is 2.34. The number of fused-ring (bicyclic) bond motifs is 3. The predicted octanol–water partition coefficient (Wildman–Crippen LogP) is 2.67. The predicted molar refractivity (Wildman–Crippen MR) is 102 cm³/mol. The number of aromatic amines is 1. The normalized spacial score (nSPS) is 16.3. The molecule has 4 aromatic rings. The molecule has 0 atom stereocenters. The van der Waals surface area contributed by atoms with Crippen molar-refractivity contribution < 1.29 is 8.42 Å². The van der Waals surface area contributed by atoms with Crippen molar-refractivity contribution in [3.8, 4) is 0 Å². The van der Waals surface area contributed by atoms with Crippen molar-refractivity contribution in [1.29, 1.82) is 0 Å². The Morgan fingerprint density at radius 2 is 1.85 bits per heavy atom. The Bertz CT molecular complexity index is 1220. The number of benzene rings is 1. The van der Waals surface area contributed by atoms with E-state index in [0.29, 0.717) is 5.52 Å². The first-order valence-corrected chi connectivity index (χ1v) is 10.5. The minimum Gasteiger partial charge on any atom is -0.346 e. The monoisotopic (exact) mass is 381 g/mol. The SMILES string of the molecule is O=S(=O)(c1ccccc1)c1nc2cnc3[nH]ccc3c2n1C1CCNCC1. The molecule has 0 unspecified atom stereocenters. The fraction of sp³-hybridized carbons (Fsp3) is 0.263. The number of hydrogen-bond donors (Lipinski definition) is 2. The summed E-state index contributed by atoms with van der Waals surface area (Å²) in [6, 6.07) is 10.5. The van der Waals surface area contributed by atoms with E-state index in [-0.39, 0.29) is 16.1 Å². The molecule has 2 N–H and O–H groups in total. The Morgan fingerprint density at radius 3 is 2.63 bits per heavy atom. The molecule has 1 saturated heterocycles. The van der Waals surface area contributed by atoms with Crippen LogP contribution >= 0.6 is 0 Å². The summed E-state index contributed by atoms with van der Waals surface area (Å²) in [6.07, 6.45) is 5.19. The van der Waals surface area contributed by atoms with Crippen LogP contribution in [0.1, 0.15) is 18.9 Å². The van der Waals surface area contributed by atoms with E-state index in [4.69, 9.17) is 0 Å². The van der Waals surface area contributed by atoms with Crippen LogP contribution in [0.5, 0.6) is 0 Å². The number of H-pyrrole nitrogens is 1. The van der Waals surface area contributed by atoms with Crippen LogP contribution in [0, 0.1) is 0 Å². The first kappa shape index (κ1) is 16.5. The van der Waals surface area contributed by atoms with Crippen LogP contribution in [0.2, 0.25) is 0 Å². The molecule has 7 nitrogen and oxygen atoms in total. The van der Waals surface area contributed by atoms with Crippen molar-refractivity contribution >= 4 is 31.9 Å². The molecule has 1 aliphatic rings. The Morgan fingerprint density at radius 1 is 1.07 bits per heavy atom. The average molecular weight is 381 g/mol. The van der Waals surface area contributed by atoms with Gasteiger partial charge in [0, 0.05) is 17.6 Å². The smallest absolute Gasteiger partial charge is 0.240 e. The topological polar surface area (TPSA) is 92.7 Å². The first-order chi connectivity index (χ1) is 13.2. The van der Waals surface area contributed by atoms with Gasteiger partial charge >= 0.3 is 0 Å². The highest BCUT2D eigenvalue weighted by molar-refractivity contribution is 7.91. The van der Waals surface area contributed by atoms with Gasteiger partial charge in [0.05, 0.1) is 16.6 Å². The van der Waals surface area contributed by atoms with Gasteiger partial charge in [-0.05, 0) is 44.1 Å². The van der Waals surface area contributed by atoms with Crippen LogP contribution in [0.3, 0.4) is 0 Å². The summed E-state index contributed by atoms with van der Waals surface area (Å²) in [5.74, 6) is 0. The van der Waals surface area contributed by atoms with Gasteiger partial charge in [-0.15, -0.1) is 0 Å². The van der Waals surface area contributed by atoms with Gasteiger partial charge in [0.15, 0.2) is 0 Å². The second-order valence-corrected chi connectivity index (χ2v) is 8.64. The summed E-state index contributed by atoms with van der Waals surface area (Å²) in [4.78, 5) is 12.3. The molecule has 0 aliphatic carbocycles. The number of hydrogen-bond acceptors (Lipinski definition) is 5. The second-order valence-electron chi connectivity index (χ2n) is 6.79. The molecule has 1 aromatic carbocycles. The van der Waals surface area contributed by atoms with Gasteiger partial charge < -0.3 is 14.9 Å². The van der Waals surface area contributed by atoms with Crippen LogP contribution in [-0.2, 0) is 9.84 Å². The molecule has 27 heavy (non-hydrogen) atoms. The molecule has 4 heterocycles. The quantitative estimate of drug-likeness (QED) is 0.569. The minimum atomic E-state index is -3.74. The van der Waals surface area contributed by atoms with Gasteiger partial charge in [-0.2, -0.15) is 0 Å². The fourth-order valence-corrected chi connectivity index (χ4v) is 5.31. The van der Waals surface area contributed by atoms with Crippen LogP contribution in [0.15, 0.2) is 58.8 Å². The zero-order valence-electron chi connectivity index (χ0n) is 14.6. The van der Waals surface area contributed by atoms with Crippen molar-refractivity contribution in [2.24, 2.45) is 0 Å². The third kappa shape index (κ3) is 2.55. The number of imidazole rings is 1. The number of nitrogens with zero attached hydrogens (tertiary/aromatic N) is 3. The Labute approximate surface area is 156 Å². The Kier molecular flexibility index (Phi) is 3.76. The highest BCUT2D eigenvalue weighted by atomic mass is 32.2. The summed E-state index contributed by atoms with van der Waals surface area (Å²) < 4.78 is 28.8. The van der Waals surface area contributed by atoms with E-state index in [1.165, 1.54) is 0 Å². The molecular weight excluding hydrogens is 362 g/mol. The average Bonchev–Trinajstić information content (AvgIpc) is 3.33. The number of piperidine rings is 1. The van der Waals surface area contributed by atoms with E-state index < -0.39 is 9.84 Å². The summed E-state index contributed by atoms with van der Waals surface area (Å²) in [7, 11) is -3.74. The Balaban J connectivity index is 1.84. The largest absolute Gasteiger partial charge is 0.346 e. The number of sulfone groups is 1. The molecule has 1 aliphatic heterocycles. The molecule has 0 bridgehead atoms. The zero-order chi connectivity index (χ0) is 18.4. The molecule has 0 saturated carbocycles. The molecule has 1 fully saturated rings. The van der Waals surface area contributed by atoms with Crippen molar-refractivity contribution in [3.05, 3.63) is 48.8 Å². The third-order valence-electron chi connectivity index (χ3n) is 5.17. The molecule has 138 valence electrons. The van der Waals surface area contributed by atoms with E-state index in [9.17, 15) is 8.42 Å². The summed E-state index contributed by atoms with van der Waals surface area (Å²) in [6.45, 7) is 1.72. The molecule has 0 amide bonds. The second kappa shape index (κ2) is 6.17. The van der Waals surface area contributed by atoms with Crippen molar-refractivity contribution in [2.75, 3.05) is 13.1 Å². The Hall–Kier alpha value is -2.71. The van der Waals surface area contributed by atoms with Crippen LogP contribution < -0.4 is 5.32 Å². The third-order valence-corrected chi connectivity index (χ3v) is 6.83. The van der Waals surface area contributed by atoms with Crippen LogP contribution in [0.25, 0.3) is 22.1 Å². The first-order valence-electron chi connectivity index (χ1n) is 9.01. The lowest BCUT2D eigenvalue weighted by atomic mass is 10.1. The lowest BCUT2D eigenvalue weighted by molar-refractivity contribution is 0.355. The number of rotatable bonds is 3.